The molecule has 0 spiro atoms. The molecule has 1 aliphatic heterocycles. The van der Waals surface area contributed by atoms with Crippen molar-refractivity contribution in [3.8, 4) is 11.5 Å². The first-order chi connectivity index (χ1) is 12.4. The topological polar surface area (TPSA) is 84.9 Å². The van der Waals surface area contributed by atoms with Gasteiger partial charge in [-0.2, -0.15) is 0 Å². The van der Waals surface area contributed by atoms with Gasteiger partial charge in [0.15, 0.2) is 11.5 Å². The number of hydrogen-bond donors (Lipinski definition) is 1. The van der Waals surface area contributed by atoms with Crippen LogP contribution in [0.25, 0.3) is 0 Å². The number of sulfonamides is 1. The smallest absolute Gasteiger partial charge is 0.232 e. The maximum absolute atomic E-state index is 12.2. The van der Waals surface area contributed by atoms with Crippen LogP contribution in [0.3, 0.4) is 0 Å². The van der Waals surface area contributed by atoms with Gasteiger partial charge in [0, 0.05) is 25.6 Å². The molecular formula is C18H28N2O5S. The van der Waals surface area contributed by atoms with Crippen LogP contribution in [0.2, 0.25) is 0 Å². The molecular weight excluding hydrogens is 356 g/mol. The van der Waals surface area contributed by atoms with Crippen LogP contribution in [-0.2, 0) is 14.8 Å². The summed E-state index contributed by atoms with van der Waals surface area (Å²) in [5, 5.41) is 2.87. The number of fused-ring (bicyclic) bond motifs is 1. The molecule has 7 nitrogen and oxygen atoms in total. The number of anilines is 1. The van der Waals surface area contributed by atoms with Gasteiger partial charge < -0.3 is 14.8 Å². The van der Waals surface area contributed by atoms with Gasteiger partial charge in [0.2, 0.25) is 15.9 Å². The summed E-state index contributed by atoms with van der Waals surface area (Å²) in [6.07, 6.45) is 5.06. The van der Waals surface area contributed by atoms with Crippen molar-refractivity contribution in [2.45, 2.75) is 39.0 Å². The summed E-state index contributed by atoms with van der Waals surface area (Å²) in [4.78, 5) is 11.8. The summed E-state index contributed by atoms with van der Waals surface area (Å²) in [5.41, 5.74) is 0.514. The maximum atomic E-state index is 12.2. The lowest BCUT2D eigenvalue weighted by Crippen LogP contribution is -2.32. The second-order valence-electron chi connectivity index (χ2n) is 6.32. The highest BCUT2D eigenvalue weighted by Gasteiger charge is 2.20. The fourth-order valence-corrected chi connectivity index (χ4v) is 3.71. The van der Waals surface area contributed by atoms with Crippen LogP contribution in [0, 0.1) is 0 Å². The zero-order valence-corrected chi connectivity index (χ0v) is 16.3. The zero-order chi connectivity index (χ0) is 19.0. The molecule has 0 aromatic heterocycles. The summed E-state index contributed by atoms with van der Waals surface area (Å²) >= 11 is 0. The molecule has 0 aliphatic carbocycles. The minimum Gasteiger partial charge on any atom is -0.486 e. The lowest BCUT2D eigenvalue weighted by Gasteiger charge is -2.25. The van der Waals surface area contributed by atoms with E-state index in [4.69, 9.17) is 9.47 Å². The van der Waals surface area contributed by atoms with E-state index in [0.29, 0.717) is 49.8 Å². The van der Waals surface area contributed by atoms with Crippen LogP contribution in [0.5, 0.6) is 11.5 Å². The number of ether oxygens (including phenoxy) is 2. The number of amides is 1. The zero-order valence-electron chi connectivity index (χ0n) is 15.5. The standard InChI is InChI=1S/C18H28N2O5S/c1-3-4-5-10-19-18(21)7-6-11-20(26(2,22)23)15-8-9-16-17(14-15)25-13-12-24-16/h8-9,14H,3-7,10-13H2,1-2H3,(H,19,21). The predicted molar refractivity (Wildman–Crippen MR) is 101 cm³/mol. The fraction of sp³-hybridized carbons (Fsp3) is 0.611. The summed E-state index contributed by atoms with van der Waals surface area (Å²) in [7, 11) is -3.46. The molecule has 1 N–H and O–H groups in total. The number of benzene rings is 1. The van der Waals surface area contributed by atoms with Gasteiger partial charge in [-0.05, 0) is 25.0 Å². The Bertz CT molecular complexity index is 706. The van der Waals surface area contributed by atoms with E-state index in [2.05, 4.69) is 12.2 Å². The number of carbonyl (C=O) groups is 1. The first kappa shape index (κ1) is 20.4. The molecule has 146 valence electrons. The van der Waals surface area contributed by atoms with Crippen molar-refractivity contribution in [3.05, 3.63) is 18.2 Å². The molecule has 1 heterocycles. The molecule has 2 rings (SSSR count). The highest BCUT2D eigenvalue weighted by molar-refractivity contribution is 7.92. The third kappa shape index (κ3) is 6.09. The van der Waals surface area contributed by atoms with Crippen molar-refractivity contribution in [2.24, 2.45) is 0 Å². The van der Waals surface area contributed by atoms with Gasteiger partial charge in [-0.25, -0.2) is 8.42 Å². The van der Waals surface area contributed by atoms with Gasteiger partial charge in [0.25, 0.3) is 0 Å². The quantitative estimate of drug-likeness (QED) is 0.626. The molecule has 1 aromatic carbocycles. The largest absolute Gasteiger partial charge is 0.486 e. The molecule has 0 bridgehead atoms. The number of rotatable bonds is 10. The Balaban J connectivity index is 1.93. The number of nitrogens with zero attached hydrogens (tertiary/aromatic N) is 1. The van der Waals surface area contributed by atoms with Gasteiger partial charge in [0.05, 0.1) is 11.9 Å². The van der Waals surface area contributed by atoms with Crippen molar-refractivity contribution in [2.75, 3.05) is 36.9 Å². The van der Waals surface area contributed by atoms with Crippen LogP contribution < -0.4 is 19.1 Å². The van der Waals surface area contributed by atoms with Crippen molar-refractivity contribution >= 4 is 21.6 Å². The Kier molecular flexibility index (Phi) is 7.56. The third-order valence-corrected chi connectivity index (χ3v) is 5.28. The van der Waals surface area contributed by atoms with E-state index in [1.807, 2.05) is 0 Å². The molecule has 0 saturated carbocycles. The van der Waals surface area contributed by atoms with E-state index in [-0.39, 0.29) is 12.5 Å². The predicted octanol–water partition coefficient (Wildman–Crippen LogP) is 2.31. The molecule has 1 amide bonds. The summed E-state index contributed by atoms with van der Waals surface area (Å²) in [6.45, 7) is 3.94. The highest BCUT2D eigenvalue weighted by atomic mass is 32.2. The van der Waals surface area contributed by atoms with E-state index in [9.17, 15) is 13.2 Å². The number of nitrogens with one attached hydrogen (secondary N) is 1. The molecule has 0 fully saturated rings. The van der Waals surface area contributed by atoms with Crippen molar-refractivity contribution in [3.63, 3.8) is 0 Å². The number of carbonyl (C=O) groups excluding carboxylic acids is 1. The van der Waals surface area contributed by atoms with Crippen LogP contribution in [-0.4, -0.2) is 46.9 Å². The normalized spacial score (nSPS) is 13.3. The minimum atomic E-state index is -3.46. The van der Waals surface area contributed by atoms with Gasteiger partial charge in [0.1, 0.15) is 13.2 Å². The molecule has 0 saturated heterocycles. The average Bonchev–Trinajstić information content (AvgIpc) is 2.61. The van der Waals surface area contributed by atoms with E-state index < -0.39 is 10.0 Å². The van der Waals surface area contributed by atoms with Crippen LogP contribution >= 0.6 is 0 Å². The molecule has 26 heavy (non-hydrogen) atoms. The molecule has 8 heteroatoms. The lowest BCUT2D eigenvalue weighted by atomic mass is 10.2. The Morgan fingerprint density at radius 3 is 2.58 bits per heavy atom. The lowest BCUT2D eigenvalue weighted by molar-refractivity contribution is -0.121. The SMILES string of the molecule is CCCCCNC(=O)CCCN(c1ccc2c(c1)OCCO2)S(C)(=O)=O. The van der Waals surface area contributed by atoms with Gasteiger partial charge >= 0.3 is 0 Å². The summed E-state index contributed by atoms with van der Waals surface area (Å²) in [5.74, 6) is 1.10. The third-order valence-electron chi connectivity index (χ3n) is 4.08. The van der Waals surface area contributed by atoms with Gasteiger partial charge in [-0.15, -0.1) is 0 Å². The van der Waals surface area contributed by atoms with Crippen molar-refractivity contribution < 1.29 is 22.7 Å². The van der Waals surface area contributed by atoms with Crippen LogP contribution in [0.15, 0.2) is 18.2 Å². The average molecular weight is 384 g/mol. The van der Waals surface area contributed by atoms with Crippen molar-refractivity contribution in [1.82, 2.24) is 5.32 Å². The van der Waals surface area contributed by atoms with Crippen LogP contribution in [0.4, 0.5) is 5.69 Å². The monoisotopic (exact) mass is 384 g/mol. The fourth-order valence-electron chi connectivity index (χ4n) is 2.75. The Hall–Kier alpha value is -1.96. The van der Waals surface area contributed by atoms with Gasteiger partial charge in [-0.1, -0.05) is 19.8 Å². The van der Waals surface area contributed by atoms with Crippen molar-refractivity contribution in [1.29, 1.82) is 0 Å². The summed E-state index contributed by atoms with van der Waals surface area (Å²) < 4.78 is 36.6. The molecule has 0 atom stereocenters. The molecule has 1 aromatic rings. The highest BCUT2D eigenvalue weighted by Crippen LogP contribution is 2.34. The second kappa shape index (κ2) is 9.66. The molecule has 1 aliphatic rings. The molecule has 0 unspecified atom stereocenters. The minimum absolute atomic E-state index is 0.0447. The van der Waals surface area contributed by atoms with E-state index >= 15 is 0 Å². The van der Waals surface area contributed by atoms with E-state index in [1.165, 1.54) is 4.31 Å². The first-order valence-electron chi connectivity index (χ1n) is 9.06. The van der Waals surface area contributed by atoms with Gasteiger partial charge in [-0.3, -0.25) is 9.10 Å². The molecule has 0 radical (unpaired) electrons. The second-order valence-corrected chi connectivity index (χ2v) is 8.23. The maximum Gasteiger partial charge on any atom is 0.232 e. The van der Waals surface area contributed by atoms with Crippen LogP contribution in [0.1, 0.15) is 39.0 Å². The number of unbranched alkanes of at least 4 members (excludes halogenated alkanes) is 2. The Morgan fingerprint density at radius 2 is 1.88 bits per heavy atom. The first-order valence-corrected chi connectivity index (χ1v) is 10.9. The summed E-state index contributed by atoms with van der Waals surface area (Å²) in [6, 6.07) is 5.07. The number of hydrogen-bond acceptors (Lipinski definition) is 5. The Labute approximate surface area is 155 Å². The Morgan fingerprint density at radius 1 is 1.15 bits per heavy atom. The van der Waals surface area contributed by atoms with E-state index in [1.54, 1.807) is 18.2 Å². The van der Waals surface area contributed by atoms with E-state index in [0.717, 1.165) is 25.5 Å².